The zero-order chi connectivity index (χ0) is 9.97. The van der Waals surface area contributed by atoms with E-state index in [2.05, 4.69) is 15.4 Å². The number of nitrogens with one attached hydrogen (secondary N) is 1. The summed E-state index contributed by atoms with van der Waals surface area (Å²) >= 11 is 0. The van der Waals surface area contributed by atoms with Gasteiger partial charge in [-0.3, -0.25) is 0 Å². The van der Waals surface area contributed by atoms with Gasteiger partial charge >= 0.3 is 0 Å². The molecule has 14 heavy (non-hydrogen) atoms. The van der Waals surface area contributed by atoms with Crippen molar-refractivity contribution in [2.24, 2.45) is 0 Å². The van der Waals surface area contributed by atoms with Crippen LogP contribution in [-0.4, -0.2) is 21.8 Å². The Morgan fingerprint density at radius 3 is 2.57 bits per heavy atom. The molecular weight excluding hydrogens is 178 g/mol. The number of anilines is 2. The summed E-state index contributed by atoms with van der Waals surface area (Å²) in [6.45, 7) is 0. The van der Waals surface area contributed by atoms with Crippen molar-refractivity contribution in [2.45, 2.75) is 0 Å². The van der Waals surface area contributed by atoms with Crippen molar-refractivity contribution in [3.05, 3.63) is 30.3 Å². The highest BCUT2D eigenvalue weighted by Gasteiger charge is 2.05. The van der Waals surface area contributed by atoms with Crippen LogP contribution in [0.2, 0.25) is 0 Å². The lowest BCUT2D eigenvalue weighted by Gasteiger charge is -2.00. The summed E-state index contributed by atoms with van der Waals surface area (Å²) in [4.78, 5) is 4.02. The lowest BCUT2D eigenvalue weighted by Crippen LogP contribution is -2.01. The molecule has 0 bridgehead atoms. The Kier molecular flexibility index (Phi) is 2.06. The van der Waals surface area contributed by atoms with Gasteiger partial charge in [-0.05, 0) is 12.1 Å². The summed E-state index contributed by atoms with van der Waals surface area (Å²) < 4.78 is 1.59. The van der Waals surface area contributed by atoms with Crippen molar-refractivity contribution in [3.8, 4) is 5.69 Å². The van der Waals surface area contributed by atoms with Gasteiger partial charge in [0.2, 0.25) is 11.9 Å². The van der Waals surface area contributed by atoms with Crippen LogP contribution >= 0.6 is 0 Å². The third-order valence-corrected chi connectivity index (χ3v) is 1.86. The standard InChI is InChI=1S/C9H11N5/c1-11-9-12-8(10)14(13-9)7-5-3-2-4-6-7/h2-6H,1H3,(H3,10,11,12,13). The third-order valence-electron chi connectivity index (χ3n) is 1.86. The maximum atomic E-state index is 5.70. The quantitative estimate of drug-likeness (QED) is 0.736. The van der Waals surface area contributed by atoms with Crippen molar-refractivity contribution in [1.29, 1.82) is 0 Å². The van der Waals surface area contributed by atoms with Crippen molar-refractivity contribution in [1.82, 2.24) is 14.8 Å². The normalized spacial score (nSPS) is 10.1. The largest absolute Gasteiger partial charge is 0.368 e. The molecule has 0 saturated heterocycles. The van der Waals surface area contributed by atoms with E-state index in [-0.39, 0.29) is 0 Å². The second-order valence-electron chi connectivity index (χ2n) is 2.79. The average molecular weight is 189 g/mol. The molecule has 1 aromatic carbocycles. The van der Waals surface area contributed by atoms with Crippen LogP contribution in [-0.2, 0) is 0 Å². The lowest BCUT2D eigenvalue weighted by molar-refractivity contribution is 0.893. The Hall–Kier alpha value is -2.04. The molecule has 0 fully saturated rings. The molecule has 5 heteroatoms. The molecule has 0 aliphatic rings. The van der Waals surface area contributed by atoms with E-state index in [9.17, 15) is 0 Å². The number of aromatic nitrogens is 3. The van der Waals surface area contributed by atoms with Gasteiger partial charge in [0.1, 0.15) is 0 Å². The van der Waals surface area contributed by atoms with E-state index >= 15 is 0 Å². The molecule has 5 nitrogen and oxygen atoms in total. The summed E-state index contributed by atoms with van der Waals surface area (Å²) in [7, 11) is 1.75. The molecule has 0 radical (unpaired) electrons. The first-order valence-electron chi connectivity index (χ1n) is 4.27. The average Bonchev–Trinajstić information content (AvgIpc) is 2.61. The van der Waals surface area contributed by atoms with Crippen molar-refractivity contribution < 1.29 is 0 Å². The Morgan fingerprint density at radius 2 is 2.00 bits per heavy atom. The van der Waals surface area contributed by atoms with Gasteiger partial charge in [-0.15, -0.1) is 5.10 Å². The highest BCUT2D eigenvalue weighted by atomic mass is 15.4. The summed E-state index contributed by atoms with van der Waals surface area (Å²) in [5.74, 6) is 0.895. The third kappa shape index (κ3) is 1.39. The van der Waals surface area contributed by atoms with Gasteiger partial charge in [0.25, 0.3) is 0 Å². The minimum atomic E-state index is 0.376. The number of hydrogen-bond acceptors (Lipinski definition) is 4. The molecule has 0 aliphatic heterocycles. The van der Waals surface area contributed by atoms with E-state index in [0.29, 0.717) is 11.9 Å². The van der Waals surface area contributed by atoms with Gasteiger partial charge in [-0.1, -0.05) is 18.2 Å². The first-order chi connectivity index (χ1) is 6.81. The minimum absolute atomic E-state index is 0.376. The number of nitrogens with zero attached hydrogens (tertiary/aromatic N) is 3. The molecule has 0 aliphatic carbocycles. The number of benzene rings is 1. The van der Waals surface area contributed by atoms with E-state index in [0.717, 1.165) is 5.69 Å². The van der Waals surface area contributed by atoms with Gasteiger partial charge < -0.3 is 11.1 Å². The van der Waals surface area contributed by atoms with Crippen LogP contribution in [0.15, 0.2) is 30.3 Å². The van der Waals surface area contributed by atoms with Gasteiger partial charge in [-0.2, -0.15) is 9.67 Å². The number of nitrogen functional groups attached to an aromatic ring is 1. The van der Waals surface area contributed by atoms with Gasteiger partial charge in [0, 0.05) is 7.05 Å². The molecular formula is C9H11N5. The van der Waals surface area contributed by atoms with E-state index < -0.39 is 0 Å². The summed E-state index contributed by atoms with van der Waals surface area (Å²) in [6, 6.07) is 9.63. The summed E-state index contributed by atoms with van der Waals surface area (Å²) in [5.41, 5.74) is 6.60. The zero-order valence-corrected chi connectivity index (χ0v) is 7.81. The molecule has 72 valence electrons. The van der Waals surface area contributed by atoms with Crippen molar-refractivity contribution in [2.75, 3.05) is 18.1 Å². The van der Waals surface area contributed by atoms with Crippen molar-refractivity contribution >= 4 is 11.9 Å². The Bertz CT molecular complexity index is 420. The zero-order valence-electron chi connectivity index (χ0n) is 7.81. The Balaban J connectivity index is 2.46. The molecule has 0 atom stereocenters. The molecule has 1 aromatic heterocycles. The highest BCUT2D eigenvalue weighted by Crippen LogP contribution is 2.12. The number of rotatable bonds is 2. The summed E-state index contributed by atoms with van der Waals surface area (Å²) in [6.07, 6.45) is 0. The fourth-order valence-corrected chi connectivity index (χ4v) is 1.19. The molecule has 2 aromatic rings. The number of hydrogen-bond donors (Lipinski definition) is 2. The van der Waals surface area contributed by atoms with E-state index in [4.69, 9.17) is 5.73 Å². The Morgan fingerprint density at radius 1 is 1.29 bits per heavy atom. The van der Waals surface area contributed by atoms with E-state index in [1.807, 2.05) is 30.3 Å². The maximum Gasteiger partial charge on any atom is 0.244 e. The first-order valence-corrected chi connectivity index (χ1v) is 4.27. The van der Waals surface area contributed by atoms with Crippen molar-refractivity contribution in [3.63, 3.8) is 0 Å². The molecule has 0 saturated carbocycles. The molecule has 0 amide bonds. The topological polar surface area (TPSA) is 68.8 Å². The molecule has 1 heterocycles. The van der Waals surface area contributed by atoms with Gasteiger partial charge in [0.05, 0.1) is 5.69 Å². The lowest BCUT2D eigenvalue weighted by atomic mass is 10.3. The highest BCUT2D eigenvalue weighted by molar-refractivity contribution is 5.41. The van der Waals surface area contributed by atoms with Crippen LogP contribution in [0, 0.1) is 0 Å². The van der Waals surface area contributed by atoms with Crippen LogP contribution in [0.4, 0.5) is 11.9 Å². The number of para-hydroxylation sites is 1. The first kappa shape index (κ1) is 8.55. The molecule has 3 N–H and O–H groups in total. The fourth-order valence-electron chi connectivity index (χ4n) is 1.19. The van der Waals surface area contributed by atoms with Gasteiger partial charge in [-0.25, -0.2) is 0 Å². The van der Waals surface area contributed by atoms with Crippen LogP contribution < -0.4 is 11.1 Å². The molecule has 0 spiro atoms. The minimum Gasteiger partial charge on any atom is -0.368 e. The maximum absolute atomic E-state index is 5.70. The monoisotopic (exact) mass is 189 g/mol. The second-order valence-corrected chi connectivity index (χ2v) is 2.79. The van der Waals surface area contributed by atoms with Gasteiger partial charge in [0.15, 0.2) is 0 Å². The predicted molar refractivity (Wildman–Crippen MR) is 55.3 cm³/mol. The second kappa shape index (κ2) is 3.37. The number of nitrogens with two attached hydrogens (primary N) is 1. The van der Waals surface area contributed by atoms with E-state index in [1.165, 1.54) is 0 Å². The molecule has 2 rings (SSSR count). The van der Waals surface area contributed by atoms with Crippen LogP contribution in [0.5, 0.6) is 0 Å². The fraction of sp³-hybridized carbons (Fsp3) is 0.111. The van der Waals surface area contributed by atoms with Crippen LogP contribution in [0.3, 0.4) is 0 Å². The SMILES string of the molecule is CNc1nc(N)n(-c2ccccc2)n1. The predicted octanol–water partition coefficient (Wildman–Crippen LogP) is 0.891. The van der Waals surface area contributed by atoms with Crippen LogP contribution in [0.25, 0.3) is 5.69 Å². The molecule has 0 unspecified atom stereocenters. The smallest absolute Gasteiger partial charge is 0.244 e. The Labute approximate surface area is 81.6 Å². The van der Waals surface area contributed by atoms with E-state index in [1.54, 1.807) is 11.7 Å². The summed E-state index contributed by atoms with van der Waals surface area (Å²) in [5, 5.41) is 7.00. The van der Waals surface area contributed by atoms with Crippen LogP contribution in [0.1, 0.15) is 0 Å².